The van der Waals surface area contributed by atoms with Crippen LogP contribution < -0.4 is 0 Å². The van der Waals surface area contributed by atoms with Crippen molar-refractivity contribution in [3.05, 3.63) is 40.8 Å². The summed E-state index contributed by atoms with van der Waals surface area (Å²) in [6.45, 7) is 4.28. The van der Waals surface area contributed by atoms with Crippen LogP contribution in [0.4, 0.5) is 0 Å². The van der Waals surface area contributed by atoms with Crippen molar-refractivity contribution in [2.75, 3.05) is 0 Å². The molecule has 0 spiro atoms. The second kappa shape index (κ2) is 3.46. The highest BCUT2D eigenvalue weighted by atomic mass is 32.1. The standard InChI is InChI=1S/C13H12N2S/c1-8-7-12(16-9(8)2)13-14-10-5-3-4-6-11(10)15-13/h3-7H,1-2H3,(H,14,15). The summed E-state index contributed by atoms with van der Waals surface area (Å²) >= 11 is 1.79. The van der Waals surface area contributed by atoms with Crippen LogP contribution in [0, 0.1) is 13.8 Å². The fraction of sp³-hybridized carbons (Fsp3) is 0.154. The second-order valence-electron chi connectivity index (χ2n) is 3.95. The molecule has 1 aromatic carbocycles. The summed E-state index contributed by atoms with van der Waals surface area (Å²) in [5.41, 5.74) is 3.46. The zero-order chi connectivity index (χ0) is 11.1. The Morgan fingerprint density at radius 1 is 1.19 bits per heavy atom. The molecule has 80 valence electrons. The number of nitrogens with one attached hydrogen (secondary N) is 1. The summed E-state index contributed by atoms with van der Waals surface area (Å²) in [6, 6.07) is 10.3. The number of aromatic amines is 1. The second-order valence-corrected chi connectivity index (χ2v) is 5.21. The van der Waals surface area contributed by atoms with Crippen molar-refractivity contribution in [2.45, 2.75) is 13.8 Å². The first-order valence-corrected chi connectivity index (χ1v) is 6.08. The van der Waals surface area contributed by atoms with Gasteiger partial charge in [0.1, 0.15) is 5.82 Å². The summed E-state index contributed by atoms with van der Waals surface area (Å²) < 4.78 is 0. The summed E-state index contributed by atoms with van der Waals surface area (Å²) in [5.74, 6) is 0.974. The van der Waals surface area contributed by atoms with Gasteiger partial charge in [0.25, 0.3) is 0 Å². The molecule has 0 amide bonds. The Bertz CT molecular complexity index is 596. The number of hydrogen-bond donors (Lipinski definition) is 1. The first kappa shape index (κ1) is 9.60. The van der Waals surface area contributed by atoms with Crippen molar-refractivity contribution >= 4 is 22.4 Å². The number of hydrogen-bond acceptors (Lipinski definition) is 2. The number of H-pyrrole nitrogens is 1. The van der Waals surface area contributed by atoms with Crippen molar-refractivity contribution in [3.8, 4) is 10.7 Å². The van der Waals surface area contributed by atoms with Gasteiger partial charge in [0.05, 0.1) is 15.9 Å². The van der Waals surface area contributed by atoms with Crippen molar-refractivity contribution < 1.29 is 0 Å². The van der Waals surface area contributed by atoms with Gasteiger partial charge in [-0.1, -0.05) is 12.1 Å². The Morgan fingerprint density at radius 2 is 2.00 bits per heavy atom. The van der Waals surface area contributed by atoms with Crippen molar-refractivity contribution in [3.63, 3.8) is 0 Å². The number of aryl methyl sites for hydroxylation is 2. The van der Waals surface area contributed by atoms with Crippen LogP contribution in [0.1, 0.15) is 10.4 Å². The van der Waals surface area contributed by atoms with Crippen LogP contribution in [-0.2, 0) is 0 Å². The molecule has 3 heteroatoms. The smallest absolute Gasteiger partial charge is 0.148 e. The number of nitrogens with zero attached hydrogens (tertiary/aromatic N) is 1. The van der Waals surface area contributed by atoms with Crippen LogP contribution in [0.15, 0.2) is 30.3 Å². The minimum atomic E-state index is 0.974. The lowest BCUT2D eigenvalue weighted by Crippen LogP contribution is -1.72. The van der Waals surface area contributed by atoms with Crippen LogP contribution in [0.3, 0.4) is 0 Å². The zero-order valence-corrected chi connectivity index (χ0v) is 10.1. The van der Waals surface area contributed by atoms with Crippen LogP contribution >= 0.6 is 11.3 Å². The first-order chi connectivity index (χ1) is 7.74. The molecule has 0 fully saturated rings. The summed E-state index contributed by atoms with van der Waals surface area (Å²) in [6.07, 6.45) is 0. The monoisotopic (exact) mass is 228 g/mol. The van der Waals surface area contributed by atoms with Gasteiger partial charge in [0.2, 0.25) is 0 Å². The Hall–Kier alpha value is -1.61. The average molecular weight is 228 g/mol. The SMILES string of the molecule is Cc1cc(-c2nc3ccccc3[nH]2)sc1C. The Kier molecular flexibility index (Phi) is 2.07. The van der Waals surface area contributed by atoms with E-state index in [1.807, 2.05) is 18.2 Å². The van der Waals surface area contributed by atoms with Crippen LogP contribution in [0.25, 0.3) is 21.7 Å². The van der Waals surface area contributed by atoms with Gasteiger partial charge in [0.15, 0.2) is 0 Å². The molecule has 3 rings (SSSR count). The van der Waals surface area contributed by atoms with E-state index in [1.165, 1.54) is 15.3 Å². The van der Waals surface area contributed by atoms with Gasteiger partial charge in [-0.15, -0.1) is 11.3 Å². The van der Waals surface area contributed by atoms with E-state index in [-0.39, 0.29) is 0 Å². The van der Waals surface area contributed by atoms with Gasteiger partial charge in [0, 0.05) is 4.88 Å². The fourth-order valence-electron chi connectivity index (χ4n) is 1.76. The third-order valence-electron chi connectivity index (χ3n) is 2.79. The highest BCUT2D eigenvalue weighted by Gasteiger charge is 2.08. The van der Waals surface area contributed by atoms with Gasteiger partial charge in [-0.3, -0.25) is 0 Å². The molecule has 0 unspecified atom stereocenters. The lowest BCUT2D eigenvalue weighted by atomic mass is 10.3. The maximum atomic E-state index is 4.59. The number of fused-ring (bicyclic) bond motifs is 1. The Balaban J connectivity index is 2.18. The van der Waals surface area contributed by atoms with Gasteiger partial charge < -0.3 is 4.98 Å². The molecule has 3 aromatic rings. The van der Waals surface area contributed by atoms with Crippen LogP contribution in [0.5, 0.6) is 0 Å². The topological polar surface area (TPSA) is 28.7 Å². The average Bonchev–Trinajstić information content (AvgIpc) is 2.83. The van der Waals surface area contributed by atoms with Gasteiger partial charge in [-0.2, -0.15) is 0 Å². The summed E-state index contributed by atoms with van der Waals surface area (Å²) in [7, 11) is 0. The predicted molar refractivity (Wildman–Crippen MR) is 68.9 cm³/mol. The molecule has 2 nitrogen and oxygen atoms in total. The molecule has 16 heavy (non-hydrogen) atoms. The quantitative estimate of drug-likeness (QED) is 0.672. The van der Waals surface area contributed by atoms with E-state index < -0.39 is 0 Å². The minimum absolute atomic E-state index is 0.974. The highest BCUT2D eigenvalue weighted by Crippen LogP contribution is 2.29. The normalized spacial score (nSPS) is 11.1. The number of benzene rings is 1. The largest absolute Gasteiger partial charge is 0.337 e. The minimum Gasteiger partial charge on any atom is -0.337 e. The number of para-hydroxylation sites is 2. The molecule has 2 heterocycles. The molecule has 0 aliphatic carbocycles. The van der Waals surface area contributed by atoms with Gasteiger partial charge >= 0.3 is 0 Å². The van der Waals surface area contributed by atoms with Crippen molar-refractivity contribution in [2.24, 2.45) is 0 Å². The molecule has 0 atom stereocenters. The number of imidazole rings is 1. The molecular weight excluding hydrogens is 216 g/mol. The van der Waals surface area contributed by atoms with Crippen LogP contribution in [0.2, 0.25) is 0 Å². The van der Waals surface area contributed by atoms with Crippen molar-refractivity contribution in [1.29, 1.82) is 0 Å². The molecule has 0 aliphatic rings. The summed E-state index contributed by atoms with van der Waals surface area (Å²) in [4.78, 5) is 10.5. The molecule has 0 saturated heterocycles. The van der Waals surface area contributed by atoms with E-state index in [0.29, 0.717) is 0 Å². The number of aromatic nitrogens is 2. The molecule has 0 aliphatic heterocycles. The molecule has 0 radical (unpaired) electrons. The lowest BCUT2D eigenvalue weighted by molar-refractivity contribution is 1.35. The molecule has 0 bridgehead atoms. The fourth-order valence-corrected chi connectivity index (χ4v) is 2.74. The first-order valence-electron chi connectivity index (χ1n) is 5.26. The van der Waals surface area contributed by atoms with E-state index in [2.05, 4.69) is 35.9 Å². The predicted octanol–water partition coefficient (Wildman–Crippen LogP) is 3.91. The number of rotatable bonds is 1. The van der Waals surface area contributed by atoms with Crippen molar-refractivity contribution in [1.82, 2.24) is 9.97 Å². The highest BCUT2D eigenvalue weighted by molar-refractivity contribution is 7.15. The van der Waals surface area contributed by atoms with E-state index in [1.54, 1.807) is 11.3 Å². The zero-order valence-electron chi connectivity index (χ0n) is 9.24. The van der Waals surface area contributed by atoms with E-state index >= 15 is 0 Å². The maximum Gasteiger partial charge on any atom is 0.148 e. The van der Waals surface area contributed by atoms with E-state index in [4.69, 9.17) is 0 Å². The maximum absolute atomic E-state index is 4.59. The van der Waals surface area contributed by atoms with Crippen LogP contribution in [-0.4, -0.2) is 9.97 Å². The number of thiophene rings is 1. The van der Waals surface area contributed by atoms with Gasteiger partial charge in [-0.05, 0) is 37.6 Å². The summed E-state index contributed by atoms with van der Waals surface area (Å²) in [5, 5.41) is 0. The Labute approximate surface area is 98.0 Å². The van der Waals surface area contributed by atoms with Gasteiger partial charge in [-0.25, -0.2) is 4.98 Å². The lowest BCUT2D eigenvalue weighted by Gasteiger charge is -1.86. The molecule has 2 aromatic heterocycles. The van der Waals surface area contributed by atoms with E-state index in [0.717, 1.165) is 16.9 Å². The third kappa shape index (κ3) is 1.44. The third-order valence-corrected chi connectivity index (χ3v) is 3.95. The molecule has 0 saturated carbocycles. The molecule has 1 N–H and O–H groups in total. The van der Waals surface area contributed by atoms with E-state index in [9.17, 15) is 0 Å². The molecular formula is C13H12N2S. The Morgan fingerprint density at radius 3 is 2.69 bits per heavy atom.